The van der Waals surface area contributed by atoms with Crippen LogP contribution in [0.4, 0.5) is 5.69 Å². The molecule has 4 N–H and O–H groups in total. The fourth-order valence-electron chi connectivity index (χ4n) is 1.55. The fourth-order valence-corrected chi connectivity index (χ4v) is 1.55. The number of hydrazine groups is 1. The van der Waals surface area contributed by atoms with Crippen molar-refractivity contribution < 1.29 is 5.11 Å². The third-order valence-electron chi connectivity index (χ3n) is 2.28. The molecule has 3 nitrogen and oxygen atoms in total. The van der Waals surface area contributed by atoms with Crippen molar-refractivity contribution in [2.75, 3.05) is 5.43 Å². The van der Waals surface area contributed by atoms with Crippen LogP contribution in [-0.2, 0) is 0 Å². The molecule has 0 atom stereocenters. The predicted octanol–water partition coefficient (Wildman–Crippen LogP) is 2.34. The average molecular weight is 200 g/mol. The number of nitrogens with one attached hydrogen (secondary N) is 1. The Hall–Kier alpha value is -2.00. The fraction of sp³-hybridized carbons (Fsp3) is 0. The van der Waals surface area contributed by atoms with Crippen LogP contribution in [-0.4, -0.2) is 5.11 Å². The third-order valence-corrected chi connectivity index (χ3v) is 2.28. The van der Waals surface area contributed by atoms with E-state index < -0.39 is 0 Å². The van der Waals surface area contributed by atoms with Crippen molar-refractivity contribution in [2.45, 2.75) is 0 Å². The topological polar surface area (TPSA) is 58.3 Å². The molecule has 0 aliphatic rings. The molecule has 76 valence electrons. The summed E-state index contributed by atoms with van der Waals surface area (Å²) in [7, 11) is 0. The number of aromatic hydroxyl groups is 1. The highest BCUT2D eigenvalue weighted by Gasteiger charge is 2.06. The van der Waals surface area contributed by atoms with Crippen molar-refractivity contribution in [3.8, 4) is 16.9 Å². The Kier molecular flexibility index (Phi) is 2.56. The second-order valence-electron chi connectivity index (χ2n) is 3.21. The molecule has 0 saturated carbocycles. The summed E-state index contributed by atoms with van der Waals surface area (Å²) in [6.45, 7) is 0. The summed E-state index contributed by atoms with van der Waals surface area (Å²) < 4.78 is 0. The lowest BCUT2D eigenvalue weighted by atomic mass is 10.0. The molecule has 15 heavy (non-hydrogen) atoms. The molecule has 2 rings (SSSR count). The number of hydrogen-bond acceptors (Lipinski definition) is 3. The number of nitrogen functional groups attached to an aromatic ring is 1. The minimum atomic E-state index is 0.250. The second kappa shape index (κ2) is 4.02. The average Bonchev–Trinajstić information content (AvgIpc) is 2.30. The van der Waals surface area contributed by atoms with Crippen LogP contribution in [0.1, 0.15) is 0 Å². The highest BCUT2D eigenvalue weighted by Crippen LogP contribution is 2.33. The van der Waals surface area contributed by atoms with Gasteiger partial charge >= 0.3 is 0 Å². The summed E-state index contributed by atoms with van der Waals surface area (Å²) >= 11 is 0. The zero-order chi connectivity index (χ0) is 10.7. The maximum Gasteiger partial charge on any atom is 0.123 e. The summed E-state index contributed by atoms with van der Waals surface area (Å²) in [6.07, 6.45) is 0. The first-order valence-electron chi connectivity index (χ1n) is 4.67. The summed E-state index contributed by atoms with van der Waals surface area (Å²) in [4.78, 5) is 0. The van der Waals surface area contributed by atoms with E-state index in [1.165, 1.54) is 0 Å². The molecule has 0 spiro atoms. The van der Waals surface area contributed by atoms with Crippen LogP contribution in [0.5, 0.6) is 5.75 Å². The largest absolute Gasteiger partial charge is 0.507 e. The number of phenolic OH excluding ortho intramolecular Hbond substituents is 1. The van der Waals surface area contributed by atoms with Crippen LogP contribution in [0, 0.1) is 0 Å². The van der Waals surface area contributed by atoms with Gasteiger partial charge < -0.3 is 10.5 Å². The number of hydrogen-bond donors (Lipinski definition) is 3. The van der Waals surface area contributed by atoms with Crippen molar-refractivity contribution in [1.82, 2.24) is 0 Å². The molecular weight excluding hydrogens is 188 g/mol. The monoisotopic (exact) mass is 200 g/mol. The zero-order valence-electron chi connectivity index (χ0n) is 8.14. The molecule has 3 heteroatoms. The van der Waals surface area contributed by atoms with Crippen LogP contribution >= 0.6 is 0 Å². The molecule has 0 saturated heterocycles. The minimum absolute atomic E-state index is 0.250. The first kappa shape index (κ1) is 9.55. The minimum Gasteiger partial charge on any atom is -0.507 e. The van der Waals surface area contributed by atoms with Gasteiger partial charge in [-0.3, -0.25) is 5.84 Å². The van der Waals surface area contributed by atoms with Crippen LogP contribution in [0.15, 0.2) is 48.5 Å². The standard InChI is InChI=1S/C12H12N2O/c13-14-11-7-3-1-5-9(11)10-6-2-4-8-12(10)15/h1-8,14-15H,13H2. The Bertz CT molecular complexity index is 469. The molecule has 0 heterocycles. The van der Waals surface area contributed by atoms with E-state index in [-0.39, 0.29) is 5.75 Å². The number of benzene rings is 2. The van der Waals surface area contributed by atoms with Gasteiger partial charge in [-0.25, -0.2) is 0 Å². The molecule has 0 unspecified atom stereocenters. The van der Waals surface area contributed by atoms with Gasteiger partial charge in [0, 0.05) is 11.1 Å². The summed E-state index contributed by atoms with van der Waals surface area (Å²) in [6, 6.07) is 14.7. The smallest absolute Gasteiger partial charge is 0.123 e. The van der Waals surface area contributed by atoms with Crippen LogP contribution in [0.3, 0.4) is 0 Å². The molecule has 0 aromatic heterocycles. The van der Waals surface area contributed by atoms with Gasteiger partial charge in [-0.15, -0.1) is 0 Å². The Labute approximate surface area is 88.1 Å². The Morgan fingerprint density at radius 2 is 1.47 bits per heavy atom. The van der Waals surface area contributed by atoms with Crippen molar-refractivity contribution in [2.24, 2.45) is 5.84 Å². The summed E-state index contributed by atoms with van der Waals surface area (Å²) in [5.74, 6) is 5.66. The van der Waals surface area contributed by atoms with Gasteiger partial charge in [0.25, 0.3) is 0 Å². The van der Waals surface area contributed by atoms with E-state index in [0.717, 1.165) is 16.8 Å². The molecule has 0 bridgehead atoms. The quantitative estimate of drug-likeness (QED) is 0.515. The maximum atomic E-state index is 9.72. The summed E-state index contributed by atoms with van der Waals surface area (Å²) in [5.41, 5.74) is 5.06. The number of para-hydroxylation sites is 2. The van der Waals surface area contributed by atoms with Crippen molar-refractivity contribution >= 4 is 5.69 Å². The first-order chi connectivity index (χ1) is 7.33. The highest BCUT2D eigenvalue weighted by molar-refractivity contribution is 5.81. The highest BCUT2D eigenvalue weighted by atomic mass is 16.3. The van der Waals surface area contributed by atoms with E-state index in [9.17, 15) is 5.11 Å². The van der Waals surface area contributed by atoms with Crippen molar-refractivity contribution in [1.29, 1.82) is 0 Å². The Morgan fingerprint density at radius 1 is 0.867 bits per heavy atom. The molecule has 2 aromatic carbocycles. The van der Waals surface area contributed by atoms with Gasteiger partial charge in [0.05, 0.1) is 5.69 Å². The van der Waals surface area contributed by atoms with Gasteiger partial charge in [-0.1, -0.05) is 36.4 Å². The summed E-state index contributed by atoms with van der Waals surface area (Å²) in [5, 5.41) is 9.72. The van der Waals surface area contributed by atoms with Gasteiger partial charge in [-0.05, 0) is 12.1 Å². The lowest BCUT2D eigenvalue weighted by Gasteiger charge is -2.09. The van der Waals surface area contributed by atoms with Gasteiger partial charge in [-0.2, -0.15) is 0 Å². The molecule has 0 radical (unpaired) electrons. The van der Waals surface area contributed by atoms with Gasteiger partial charge in [0.1, 0.15) is 5.75 Å². The lowest BCUT2D eigenvalue weighted by molar-refractivity contribution is 0.477. The number of phenols is 1. The van der Waals surface area contributed by atoms with E-state index in [1.807, 2.05) is 36.4 Å². The maximum absolute atomic E-state index is 9.72. The van der Waals surface area contributed by atoms with Crippen molar-refractivity contribution in [3.05, 3.63) is 48.5 Å². The van der Waals surface area contributed by atoms with Crippen LogP contribution < -0.4 is 11.3 Å². The normalized spacial score (nSPS) is 9.93. The second-order valence-corrected chi connectivity index (χ2v) is 3.21. The van der Waals surface area contributed by atoms with Gasteiger partial charge in [0.15, 0.2) is 0 Å². The van der Waals surface area contributed by atoms with Crippen LogP contribution in [0.2, 0.25) is 0 Å². The first-order valence-corrected chi connectivity index (χ1v) is 4.67. The van der Waals surface area contributed by atoms with Gasteiger partial charge in [0.2, 0.25) is 0 Å². The number of nitrogens with two attached hydrogens (primary N) is 1. The molecule has 0 aliphatic carbocycles. The molecule has 0 fully saturated rings. The van der Waals surface area contributed by atoms with Crippen LogP contribution in [0.25, 0.3) is 11.1 Å². The van der Waals surface area contributed by atoms with E-state index in [0.29, 0.717) is 0 Å². The predicted molar refractivity (Wildman–Crippen MR) is 61.4 cm³/mol. The van der Waals surface area contributed by atoms with E-state index in [1.54, 1.807) is 12.1 Å². The zero-order valence-corrected chi connectivity index (χ0v) is 8.14. The third kappa shape index (κ3) is 1.78. The number of anilines is 1. The molecule has 0 amide bonds. The molecular formula is C12H12N2O. The van der Waals surface area contributed by atoms with E-state index >= 15 is 0 Å². The van der Waals surface area contributed by atoms with Crippen molar-refractivity contribution in [3.63, 3.8) is 0 Å². The SMILES string of the molecule is NNc1ccccc1-c1ccccc1O. The Morgan fingerprint density at radius 3 is 2.13 bits per heavy atom. The van der Waals surface area contributed by atoms with E-state index in [4.69, 9.17) is 5.84 Å². The molecule has 0 aliphatic heterocycles. The van der Waals surface area contributed by atoms with E-state index in [2.05, 4.69) is 5.43 Å². The molecule has 2 aromatic rings. The Balaban J connectivity index is 2.59. The number of rotatable bonds is 2. The lowest BCUT2D eigenvalue weighted by Crippen LogP contribution is -2.07.